The number of nitrogens with zero attached hydrogens (tertiary/aromatic N) is 2. The molecule has 0 spiro atoms. The number of benzene rings is 9. The maximum absolute atomic E-state index is 6.77. The molecule has 0 fully saturated rings. The van der Waals surface area contributed by atoms with Gasteiger partial charge in [0.25, 0.3) is 0 Å². The summed E-state index contributed by atoms with van der Waals surface area (Å²) in [6.45, 7) is 4.68. The molecule has 61 heavy (non-hydrogen) atoms. The second kappa shape index (κ2) is 12.6. The first kappa shape index (κ1) is 34.1. The van der Waals surface area contributed by atoms with Gasteiger partial charge in [-0.3, -0.25) is 0 Å². The molecule has 9 aromatic carbocycles. The van der Waals surface area contributed by atoms with Gasteiger partial charge in [0.1, 0.15) is 0 Å². The van der Waals surface area contributed by atoms with Crippen molar-refractivity contribution in [3.05, 3.63) is 205 Å². The van der Waals surface area contributed by atoms with Gasteiger partial charge in [0.15, 0.2) is 23.0 Å². The van der Waals surface area contributed by atoms with Crippen LogP contribution < -0.4 is 19.3 Å². The molecule has 0 radical (unpaired) electrons. The molecule has 0 atom stereocenters. The van der Waals surface area contributed by atoms with Crippen LogP contribution >= 0.6 is 0 Å². The largest absolute Gasteiger partial charge is 0.453 e. The van der Waals surface area contributed by atoms with Crippen molar-refractivity contribution in [3.63, 3.8) is 0 Å². The molecule has 0 saturated heterocycles. The third kappa shape index (κ3) is 4.87. The summed E-state index contributed by atoms with van der Waals surface area (Å²) in [6, 6.07) is 70.1. The minimum Gasteiger partial charge on any atom is -0.453 e. The second-order valence-corrected chi connectivity index (χ2v) is 16.9. The summed E-state index contributed by atoms with van der Waals surface area (Å²) in [6.07, 6.45) is 0. The maximum atomic E-state index is 6.77. The van der Waals surface area contributed by atoms with Gasteiger partial charge in [0.05, 0.1) is 22.7 Å². The summed E-state index contributed by atoms with van der Waals surface area (Å²) in [7, 11) is 0. The summed E-state index contributed by atoms with van der Waals surface area (Å²) in [5.74, 6) is 3.38. The minimum absolute atomic E-state index is 0.153. The van der Waals surface area contributed by atoms with E-state index in [-0.39, 0.29) is 5.41 Å². The molecule has 4 heteroatoms. The SMILES string of the molecule is CC1(C)c2ccccc2-c2cc3c(cc21)N(c1ccc2c(c1)-c1ccccc1-c1ccc(N4c5ccccc5Oc5ccccc54)cc1-c1ccccc1-2)c1ccccc1O3. The van der Waals surface area contributed by atoms with Crippen LogP contribution in [0.3, 0.4) is 0 Å². The summed E-state index contributed by atoms with van der Waals surface area (Å²) < 4.78 is 13.2. The number of fused-ring (bicyclic) bond motifs is 15. The predicted molar refractivity (Wildman–Crippen MR) is 249 cm³/mol. The highest BCUT2D eigenvalue weighted by molar-refractivity contribution is 6.05. The van der Waals surface area contributed by atoms with Crippen molar-refractivity contribution in [2.45, 2.75) is 19.3 Å². The standard InChI is InChI=1S/C57H38N2O2/c1-57(2)47-20-8-7-19-43(47)46-33-56-52(34-48(46)57)59(51-23-11-14-26-55(51)61-56)36-28-30-42-37-15-3-5-17-39(37)44-31-35(27-29-41(44)38-16-4-6-18-40(38)45(42)32-36)58-49-21-9-12-24-53(49)60-54-25-13-10-22-50(54)58/h3-34H,1-2H3. The molecule has 2 aliphatic carbocycles. The second-order valence-electron chi connectivity index (χ2n) is 16.9. The van der Waals surface area contributed by atoms with Crippen LogP contribution in [0, 0.1) is 0 Å². The van der Waals surface area contributed by atoms with Crippen LogP contribution in [0.2, 0.25) is 0 Å². The number of ether oxygens (including phenoxy) is 2. The van der Waals surface area contributed by atoms with Gasteiger partial charge in [0.2, 0.25) is 0 Å². The Morgan fingerprint density at radius 3 is 1.21 bits per heavy atom. The fourth-order valence-corrected chi connectivity index (χ4v) is 10.4. The molecule has 0 amide bonds. The van der Waals surface area contributed by atoms with E-state index in [0.717, 1.165) is 57.1 Å². The van der Waals surface area contributed by atoms with Gasteiger partial charge in [-0.05, 0) is 140 Å². The molecule has 13 rings (SSSR count). The van der Waals surface area contributed by atoms with Crippen molar-refractivity contribution >= 4 is 34.1 Å². The van der Waals surface area contributed by atoms with Crippen molar-refractivity contribution in [1.82, 2.24) is 0 Å². The number of hydrogen-bond donors (Lipinski definition) is 0. The van der Waals surface area contributed by atoms with Gasteiger partial charge < -0.3 is 19.3 Å². The van der Waals surface area contributed by atoms with Crippen LogP contribution in [0.15, 0.2) is 194 Å². The first-order chi connectivity index (χ1) is 30.0. The first-order valence-electron chi connectivity index (χ1n) is 21.0. The number of para-hydroxylation sites is 6. The molecule has 9 aromatic rings. The summed E-state index contributed by atoms with van der Waals surface area (Å²) in [5, 5.41) is 0. The quantitative estimate of drug-likeness (QED) is 0.174. The van der Waals surface area contributed by atoms with E-state index in [1.807, 2.05) is 24.3 Å². The van der Waals surface area contributed by atoms with E-state index >= 15 is 0 Å². The lowest BCUT2D eigenvalue weighted by molar-refractivity contribution is 0.476. The highest BCUT2D eigenvalue weighted by atomic mass is 16.5. The van der Waals surface area contributed by atoms with Crippen LogP contribution in [-0.4, -0.2) is 0 Å². The Hall–Kier alpha value is -7.82. The molecule has 2 heterocycles. The zero-order valence-electron chi connectivity index (χ0n) is 33.7. The monoisotopic (exact) mass is 782 g/mol. The van der Waals surface area contributed by atoms with Gasteiger partial charge in [-0.2, -0.15) is 0 Å². The maximum Gasteiger partial charge on any atom is 0.152 e. The van der Waals surface area contributed by atoms with Crippen LogP contribution in [-0.2, 0) is 5.41 Å². The molecular formula is C57H38N2O2. The van der Waals surface area contributed by atoms with Crippen LogP contribution in [0.4, 0.5) is 34.1 Å². The first-order valence-corrected chi connectivity index (χ1v) is 21.0. The molecule has 0 N–H and O–H groups in total. The fraction of sp³-hybridized carbons (Fsp3) is 0.0526. The van der Waals surface area contributed by atoms with Gasteiger partial charge >= 0.3 is 0 Å². The van der Waals surface area contributed by atoms with Crippen LogP contribution in [0.5, 0.6) is 23.0 Å². The van der Waals surface area contributed by atoms with Gasteiger partial charge in [-0.15, -0.1) is 0 Å². The molecule has 4 nitrogen and oxygen atoms in total. The van der Waals surface area contributed by atoms with E-state index in [0.29, 0.717) is 0 Å². The van der Waals surface area contributed by atoms with Crippen molar-refractivity contribution in [2.24, 2.45) is 0 Å². The average Bonchev–Trinajstić information content (AvgIpc) is 3.53. The van der Waals surface area contributed by atoms with E-state index in [4.69, 9.17) is 9.47 Å². The Kier molecular flexibility index (Phi) is 7.04. The summed E-state index contributed by atoms with van der Waals surface area (Å²) in [5.41, 5.74) is 20.8. The normalized spacial score (nSPS) is 14.1. The smallest absolute Gasteiger partial charge is 0.152 e. The van der Waals surface area contributed by atoms with Gasteiger partial charge in [-0.25, -0.2) is 0 Å². The van der Waals surface area contributed by atoms with Crippen LogP contribution in [0.1, 0.15) is 25.0 Å². The Morgan fingerprint density at radius 2 is 0.689 bits per heavy atom. The molecule has 2 aliphatic heterocycles. The molecule has 0 saturated carbocycles. The zero-order chi connectivity index (χ0) is 40.4. The molecule has 4 aliphatic rings. The average molecular weight is 783 g/mol. The summed E-state index contributed by atoms with van der Waals surface area (Å²) in [4.78, 5) is 4.73. The van der Waals surface area contributed by atoms with E-state index in [1.165, 1.54) is 66.8 Å². The lowest BCUT2D eigenvalue weighted by Gasteiger charge is -2.35. The van der Waals surface area contributed by atoms with E-state index in [2.05, 4.69) is 194 Å². The Labute approximate surface area is 355 Å². The van der Waals surface area contributed by atoms with E-state index in [9.17, 15) is 0 Å². The van der Waals surface area contributed by atoms with Crippen molar-refractivity contribution < 1.29 is 9.47 Å². The topological polar surface area (TPSA) is 24.9 Å². The van der Waals surface area contributed by atoms with Crippen molar-refractivity contribution in [1.29, 1.82) is 0 Å². The highest BCUT2D eigenvalue weighted by Gasteiger charge is 2.39. The van der Waals surface area contributed by atoms with E-state index in [1.54, 1.807) is 0 Å². The summed E-state index contributed by atoms with van der Waals surface area (Å²) >= 11 is 0. The fourth-order valence-electron chi connectivity index (χ4n) is 10.4. The Morgan fingerprint density at radius 1 is 0.295 bits per heavy atom. The number of rotatable bonds is 2. The predicted octanol–water partition coefficient (Wildman–Crippen LogP) is 16.1. The lowest BCUT2D eigenvalue weighted by atomic mass is 9.80. The lowest BCUT2D eigenvalue weighted by Crippen LogP contribution is -2.19. The van der Waals surface area contributed by atoms with Gasteiger partial charge in [0, 0.05) is 16.8 Å². The molecule has 0 bridgehead atoms. The van der Waals surface area contributed by atoms with Gasteiger partial charge in [-0.1, -0.05) is 135 Å². The molecule has 0 aromatic heterocycles. The van der Waals surface area contributed by atoms with Crippen LogP contribution in [0.25, 0.3) is 55.6 Å². The molecular weight excluding hydrogens is 745 g/mol. The van der Waals surface area contributed by atoms with Crippen molar-refractivity contribution in [2.75, 3.05) is 9.80 Å². The molecule has 288 valence electrons. The Bertz CT molecular complexity index is 3270. The third-order valence-electron chi connectivity index (χ3n) is 13.2. The Balaban J connectivity index is 1.01. The third-order valence-corrected chi connectivity index (χ3v) is 13.2. The van der Waals surface area contributed by atoms with E-state index < -0.39 is 0 Å². The van der Waals surface area contributed by atoms with Crippen molar-refractivity contribution in [3.8, 4) is 78.6 Å². The minimum atomic E-state index is -0.153. The molecule has 0 unspecified atom stereocenters. The zero-order valence-corrected chi connectivity index (χ0v) is 33.7. The number of hydrogen-bond acceptors (Lipinski definition) is 4. The highest BCUT2D eigenvalue weighted by Crippen LogP contribution is 2.59. The number of anilines is 6.